The lowest BCUT2D eigenvalue weighted by molar-refractivity contribution is -0.117. The van der Waals surface area contributed by atoms with E-state index in [2.05, 4.69) is 18.7 Å². The highest BCUT2D eigenvalue weighted by Crippen LogP contribution is 2.44. The second-order valence-electron chi connectivity index (χ2n) is 6.71. The van der Waals surface area contributed by atoms with Crippen molar-refractivity contribution in [1.29, 1.82) is 0 Å². The summed E-state index contributed by atoms with van der Waals surface area (Å²) in [5.74, 6) is 0. The number of hydrogen-bond donors (Lipinski definition) is 0. The second-order valence-corrected chi connectivity index (χ2v) is 6.71. The number of rotatable bonds is 5. The van der Waals surface area contributed by atoms with Gasteiger partial charge in [-0.15, -0.1) is 0 Å². The van der Waals surface area contributed by atoms with Crippen molar-refractivity contribution in [3.8, 4) is 0 Å². The van der Waals surface area contributed by atoms with Crippen LogP contribution >= 0.6 is 0 Å². The molecule has 1 saturated carbocycles. The maximum absolute atomic E-state index is 11.4. The zero-order valence-electron chi connectivity index (χ0n) is 12.2. The number of likely N-dealkylation sites (tertiary alicyclic amines) is 1. The molecule has 2 heteroatoms. The smallest absolute Gasteiger partial charge is 0.127 e. The van der Waals surface area contributed by atoms with Crippen LogP contribution in [0, 0.1) is 10.8 Å². The van der Waals surface area contributed by atoms with E-state index in [1.807, 2.05) is 0 Å². The highest BCUT2D eigenvalue weighted by atomic mass is 16.1. The third kappa shape index (κ3) is 2.79. The van der Waals surface area contributed by atoms with E-state index in [4.69, 9.17) is 0 Å². The van der Waals surface area contributed by atoms with E-state index < -0.39 is 0 Å². The summed E-state index contributed by atoms with van der Waals surface area (Å²) >= 11 is 0. The number of aldehydes is 1. The monoisotopic (exact) mass is 251 g/mol. The van der Waals surface area contributed by atoms with Crippen molar-refractivity contribution in [3.63, 3.8) is 0 Å². The highest BCUT2D eigenvalue weighted by molar-refractivity contribution is 5.59. The fraction of sp³-hybridized carbons (Fsp3) is 0.938. The lowest BCUT2D eigenvalue weighted by atomic mass is 9.73. The fourth-order valence-electron chi connectivity index (χ4n) is 4.00. The van der Waals surface area contributed by atoms with Crippen LogP contribution in [0.5, 0.6) is 0 Å². The fourth-order valence-corrected chi connectivity index (χ4v) is 4.00. The Morgan fingerprint density at radius 2 is 1.78 bits per heavy atom. The molecule has 0 radical (unpaired) electrons. The summed E-state index contributed by atoms with van der Waals surface area (Å²) in [5, 5.41) is 0. The minimum absolute atomic E-state index is 0.0831. The van der Waals surface area contributed by atoms with E-state index in [0.29, 0.717) is 5.41 Å². The van der Waals surface area contributed by atoms with Crippen molar-refractivity contribution < 1.29 is 4.79 Å². The second kappa shape index (κ2) is 5.73. The third-order valence-electron chi connectivity index (χ3n) is 5.63. The molecule has 0 aromatic heterocycles. The Morgan fingerprint density at radius 1 is 1.11 bits per heavy atom. The van der Waals surface area contributed by atoms with Crippen LogP contribution in [0.3, 0.4) is 0 Å². The summed E-state index contributed by atoms with van der Waals surface area (Å²) in [5.41, 5.74) is 0.536. The Morgan fingerprint density at radius 3 is 2.33 bits per heavy atom. The number of carbonyl (C=O) groups excluding carboxylic acids is 1. The number of hydrogen-bond acceptors (Lipinski definition) is 2. The number of nitrogens with zero attached hydrogens (tertiary/aromatic N) is 1. The molecule has 0 aromatic rings. The van der Waals surface area contributed by atoms with Gasteiger partial charge >= 0.3 is 0 Å². The van der Waals surface area contributed by atoms with Crippen LogP contribution in [0.25, 0.3) is 0 Å². The predicted octanol–water partition coefficient (Wildman–Crippen LogP) is 3.65. The SMILES string of the molecule is CCC(C=O)(CC)CN1CCC2(CCCCC2)C1. The van der Waals surface area contributed by atoms with E-state index in [0.717, 1.165) is 19.4 Å². The average Bonchev–Trinajstić information content (AvgIpc) is 2.79. The molecule has 1 aliphatic carbocycles. The van der Waals surface area contributed by atoms with Crippen LogP contribution in [0.4, 0.5) is 0 Å². The summed E-state index contributed by atoms with van der Waals surface area (Å²) in [7, 11) is 0. The van der Waals surface area contributed by atoms with Crippen molar-refractivity contribution in [2.75, 3.05) is 19.6 Å². The van der Waals surface area contributed by atoms with E-state index in [9.17, 15) is 4.79 Å². The first-order chi connectivity index (χ1) is 8.67. The summed E-state index contributed by atoms with van der Waals surface area (Å²) in [4.78, 5) is 14.0. The van der Waals surface area contributed by atoms with E-state index >= 15 is 0 Å². The molecule has 2 aliphatic rings. The molecule has 1 aliphatic heterocycles. The molecule has 0 unspecified atom stereocenters. The molecule has 2 fully saturated rings. The molecule has 1 spiro atoms. The topological polar surface area (TPSA) is 20.3 Å². The molecular weight excluding hydrogens is 222 g/mol. The van der Waals surface area contributed by atoms with Crippen LogP contribution in [-0.2, 0) is 4.79 Å². The van der Waals surface area contributed by atoms with Gasteiger partial charge in [-0.05, 0) is 44.1 Å². The van der Waals surface area contributed by atoms with Crippen molar-refractivity contribution in [2.24, 2.45) is 10.8 Å². The first-order valence-corrected chi connectivity index (χ1v) is 7.86. The Labute approximate surface area is 112 Å². The first kappa shape index (κ1) is 14.0. The molecule has 1 heterocycles. The Bertz CT molecular complexity index is 277. The van der Waals surface area contributed by atoms with Gasteiger partial charge in [0.2, 0.25) is 0 Å². The van der Waals surface area contributed by atoms with Crippen molar-refractivity contribution in [3.05, 3.63) is 0 Å². The van der Waals surface area contributed by atoms with Gasteiger partial charge in [0.1, 0.15) is 6.29 Å². The minimum Gasteiger partial charge on any atom is -0.303 e. The van der Waals surface area contributed by atoms with Gasteiger partial charge in [0.05, 0.1) is 0 Å². The van der Waals surface area contributed by atoms with Gasteiger partial charge < -0.3 is 9.69 Å². The van der Waals surface area contributed by atoms with E-state index in [1.54, 1.807) is 0 Å². The van der Waals surface area contributed by atoms with Gasteiger partial charge in [-0.25, -0.2) is 0 Å². The molecule has 0 amide bonds. The summed E-state index contributed by atoms with van der Waals surface area (Å²) < 4.78 is 0. The summed E-state index contributed by atoms with van der Waals surface area (Å²) in [6.07, 6.45) is 11.7. The molecule has 2 nitrogen and oxygen atoms in total. The van der Waals surface area contributed by atoms with Crippen molar-refractivity contribution >= 4 is 6.29 Å². The van der Waals surface area contributed by atoms with E-state index in [1.165, 1.54) is 57.9 Å². The molecule has 0 bridgehead atoms. The average molecular weight is 251 g/mol. The zero-order valence-corrected chi connectivity index (χ0v) is 12.2. The van der Waals surface area contributed by atoms with Gasteiger partial charge in [-0.2, -0.15) is 0 Å². The van der Waals surface area contributed by atoms with Gasteiger partial charge in [-0.3, -0.25) is 0 Å². The highest BCUT2D eigenvalue weighted by Gasteiger charge is 2.40. The van der Waals surface area contributed by atoms with Crippen LogP contribution in [0.2, 0.25) is 0 Å². The van der Waals surface area contributed by atoms with Gasteiger partial charge in [0.25, 0.3) is 0 Å². The summed E-state index contributed by atoms with van der Waals surface area (Å²) in [6, 6.07) is 0. The molecule has 0 aromatic carbocycles. The van der Waals surface area contributed by atoms with Gasteiger partial charge in [-0.1, -0.05) is 33.1 Å². The first-order valence-electron chi connectivity index (χ1n) is 7.86. The minimum atomic E-state index is -0.0831. The van der Waals surface area contributed by atoms with Crippen LogP contribution in [0.15, 0.2) is 0 Å². The standard InChI is InChI=1S/C16H29NO/c1-3-15(4-2,14-18)12-17-11-10-16(13-17)8-6-5-7-9-16/h14H,3-13H2,1-2H3. The van der Waals surface area contributed by atoms with Crippen molar-refractivity contribution in [2.45, 2.75) is 65.2 Å². The largest absolute Gasteiger partial charge is 0.303 e. The lowest BCUT2D eigenvalue weighted by Gasteiger charge is -2.35. The van der Waals surface area contributed by atoms with E-state index in [-0.39, 0.29) is 5.41 Å². The Balaban J connectivity index is 1.94. The molecule has 0 N–H and O–H groups in total. The van der Waals surface area contributed by atoms with Gasteiger partial charge in [0, 0.05) is 18.5 Å². The normalized spacial score (nSPS) is 24.6. The Kier molecular flexibility index (Phi) is 4.47. The molecule has 2 rings (SSSR count). The Hall–Kier alpha value is -0.370. The molecule has 1 saturated heterocycles. The number of carbonyl (C=O) groups is 1. The van der Waals surface area contributed by atoms with Crippen molar-refractivity contribution in [1.82, 2.24) is 4.90 Å². The molecular formula is C16H29NO. The quantitative estimate of drug-likeness (QED) is 0.695. The van der Waals surface area contributed by atoms with Crippen LogP contribution < -0.4 is 0 Å². The third-order valence-corrected chi connectivity index (χ3v) is 5.63. The van der Waals surface area contributed by atoms with Crippen LogP contribution in [0.1, 0.15) is 65.2 Å². The maximum atomic E-state index is 11.4. The zero-order chi connectivity index (χ0) is 13.1. The lowest BCUT2D eigenvalue weighted by Crippen LogP contribution is -2.38. The van der Waals surface area contributed by atoms with Crippen LogP contribution in [-0.4, -0.2) is 30.8 Å². The summed E-state index contributed by atoms with van der Waals surface area (Å²) in [6.45, 7) is 7.78. The maximum Gasteiger partial charge on any atom is 0.127 e. The predicted molar refractivity (Wildman–Crippen MR) is 75.7 cm³/mol. The molecule has 18 heavy (non-hydrogen) atoms. The molecule has 104 valence electrons. The van der Waals surface area contributed by atoms with Gasteiger partial charge in [0.15, 0.2) is 0 Å². The molecule has 0 atom stereocenters.